The van der Waals surface area contributed by atoms with Crippen LogP contribution in [0, 0.1) is 0 Å². The van der Waals surface area contributed by atoms with Crippen LogP contribution in [0.2, 0.25) is 0 Å². The fourth-order valence-electron chi connectivity index (χ4n) is 3.25. The molecule has 3 rings (SSSR count). The highest BCUT2D eigenvalue weighted by molar-refractivity contribution is 7.89. The minimum Gasteiger partial charge on any atom is -0.326 e. The van der Waals surface area contributed by atoms with Crippen LogP contribution in [0.3, 0.4) is 0 Å². The Morgan fingerprint density at radius 1 is 0.793 bits per heavy atom. The van der Waals surface area contributed by atoms with Crippen molar-refractivity contribution in [1.29, 1.82) is 0 Å². The lowest BCUT2D eigenvalue weighted by Crippen LogP contribution is -2.31. The molecule has 1 heterocycles. The first-order valence-corrected chi connectivity index (χ1v) is 11.1. The zero-order chi connectivity index (χ0) is 20.9. The van der Waals surface area contributed by atoms with Crippen molar-refractivity contribution in [2.75, 3.05) is 23.7 Å². The van der Waals surface area contributed by atoms with Crippen molar-refractivity contribution < 1.29 is 18.0 Å². The molecule has 0 radical (unpaired) electrons. The summed E-state index contributed by atoms with van der Waals surface area (Å²) in [5.41, 5.74) is 1.55. The molecule has 0 aliphatic carbocycles. The van der Waals surface area contributed by atoms with E-state index < -0.39 is 10.0 Å². The first kappa shape index (κ1) is 21.0. The summed E-state index contributed by atoms with van der Waals surface area (Å²) in [7, 11) is -3.51. The molecule has 0 atom stereocenters. The second-order valence-corrected chi connectivity index (χ2v) is 8.99. The van der Waals surface area contributed by atoms with Gasteiger partial charge >= 0.3 is 0 Å². The minimum atomic E-state index is -3.51. The van der Waals surface area contributed by atoms with Crippen molar-refractivity contribution in [3.05, 3.63) is 54.1 Å². The van der Waals surface area contributed by atoms with E-state index in [4.69, 9.17) is 0 Å². The number of nitrogens with zero attached hydrogens (tertiary/aromatic N) is 1. The van der Waals surface area contributed by atoms with E-state index in [2.05, 4.69) is 10.6 Å². The smallest absolute Gasteiger partial charge is 0.255 e. The highest BCUT2D eigenvalue weighted by atomic mass is 32.2. The van der Waals surface area contributed by atoms with Crippen LogP contribution in [0.4, 0.5) is 11.4 Å². The highest BCUT2D eigenvalue weighted by Gasteiger charge is 2.25. The zero-order valence-corrected chi connectivity index (χ0v) is 17.2. The number of benzene rings is 2. The van der Waals surface area contributed by atoms with E-state index in [1.54, 1.807) is 40.7 Å². The first-order valence-electron chi connectivity index (χ1n) is 9.65. The summed E-state index contributed by atoms with van der Waals surface area (Å²) < 4.78 is 27.2. The van der Waals surface area contributed by atoms with Gasteiger partial charge in [-0.05, 0) is 61.4 Å². The van der Waals surface area contributed by atoms with Gasteiger partial charge in [0, 0.05) is 37.0 Å². The fraction of sp³-hybridized carbons (Fsp3) is 0.333. The summed E-state index contributed by atoms with van der Waals surface area (Å²) in [4.78, 5) is 23.7. The van der Waals surface area contributed by atoms with Crippen molar-refractivity contribution >= 4 is 33.2 Å². The zero-order valence-electron chi connectivity index (χ0n) is 16.3. The molecular formula is C21H25N3O4S. The molecule has 1 saturated heterocycles. The third kappa shape index (κ3) is 5.42. The maximum Gasteiger partial charge on any atom is 0.255 e. The Bertz CT molecular complexity index is 962. The molecule has 1 fully saturated rings. The average Bonchev–Trinajstić information content (AvgIpc) is 2.98. The molecule has 0 unspecified atom stereocenters. The Morgan fingerprint density at radius 3 is 1.86 bits per heavy atom. The molecule has 154 valence electrons. The lowest BCUT2D eigenvalue weighted by molar-refractivity contribution is -0.114. The van der Waals surface area contributed by atoms with Gasteiger partial charge in [-0.25, -0.2) is 8.42 Å². The van der Waals surface area contributed by atoms with Gasteiger partial charge < -0.3 is 10.6 Å². The van der Waals surface area contributed by atoms with Crippen LogP contribution in [0.15, 0.2) is 53.4 Å². The Hall–Kier alpha value is -2.71. The molecule has 2 aromatic carbocycles. The number of sulfonamides is 1. The van der Waals surface area contributed by atoms with E-state index >= 15 is 0 Å². The van der Waals surface area contributed by atoms with Gasteiger partial charge in [0.05, 0.1) is 4.90 Å². The van der Waals surface area contributed by atoms with Crippen molar-refractivity contribution in [2.24, 2.45) is 0 Å². The molecule has 2 amide bonds. The first-order chi connectivity index (χ1) is 13.9. The molecular weight excluding hydrogens is 390 g/mol. The van der Waals surface area contributed by atoms with E-state index in [9.17, 15) is 18.0 Å². The molecule has 0 saturated carbocycles. The van der Waals surface area contributed by atoms with Gasteiger partial charge in [0.1, 0.15) is 0 Å². The number of carbonyl (C=O) groups excluding carboxylic acids is 2. The van der Waals surface area contributed by atoms with E-state index in [0.717, 1.165) is 25.7 Å². The average molecular weight is 416 g/mol. The number of rotatable bonds is 5. The summed E-state index contributed by atoms with van der Waals surface area (Å²) in [5, 5.41) is 5.39. The SMILES string of the molecule is CC(=O)Nc1ccc(C(=O)Nc2ccc(S(=O)(=O)N3CCCCCC3)cc2)cc1. The third-order valence-electron chi connectivity index (χ3n) is 4.78. The molecule has 0 aromatic heterocycles. The summed E-state index contributed by atoms with van der Waals surface area (Å²) in [6.45, 7) is 2.52. The van der Waals surface area contributed by atoms with Gasteiger partial charge in [-0.3, -0.25) is 9.59 Å². The molecule has 1 aliphatic heterocycles. The van der Waals surface area contributed by atoms with E-state index in [1.807, 2.05) is 0 Å². The lowest BCUT2D eigenvalue weighted by atomic mass is 10.2. The van der Waals surface area contributed by atoms with Crippen molar-refractivity contribution in [2.45, 2.75) is 37.5 Å². The van der Waals surface area contributed by atoms with E-state index in [0.29, 0.717) is 30.0 Å². The lowest BCUT2D eigenvalue weighted by Gasteiger charge is -2.20. The number of anilines is 2. The molecule has 8 heteroatoms. The summed E-state index contributed by atoms with van der Waals surface area (Å²) in [6.07, 6.45) is 3.88. The number of amides is 2. The Morgan fingerprint density at radius 2 is 1.31 bits per heavy atom. The van der Waals surface area contributed by atoms with Gasteiger partial charge in [-0.1, -0.05) is 12.8 Å². The van der Waals surface area contributed by atoms with Crippen LogP contribution in [0.5, 0.6) is 0 Å². The van der Waals surface area contributed by atoms with Gasteiger partial charge in [0.25, 0.3) is 5.91 Å². The van der Waals surface area contributed by atoms with Crippen LogP contribution < -0.4 is 10.6 Å². The van der Waals surface area contributed by atoms with Crippen molar-refractivity contribution in [3.8, 4) is 0 Å². The van der Waals surface area contributed by atoms with Crippen molar-refractivity contribution in [3.63, 3.8) is 0 Å². The maximum atomic E-state index is 12.8. The second kappa shape index (κ2) is 9.19. The third-order valence-corrected chi connectivity index (χ3v) is 6.70. The fourth-order valence-corrected chi connectivity index (χ4v) is 4.77. The number of hydrogen-bond acceptors (Lipinski definition) is 4. The molecule has 2 N–H and O–H groups in total. The number of nitrogens with one attached hydrogen (secondary N) is 2. The monoisotopic (exact) mass is 415 g/mol. The summed E-state index contributed by atoms with van der Waals surface area (Å²) in [6, 6.07) is 12.7. The molecule has 7 nitrogen and oxygen atoms in total. The number of hydrogen-bond donors (Lipinski definition) is 2. The predicted molar refractivity (Wildman–Crippen MR) is 112 cm³/mol. The predicted octanol–water partition coefficient (Wildman–Crippen LogP) is 3.46. The normalized spacial score (nSPS) is 15.3. The largest absolute Gasteiger partial charge is 0.326 e. The summed E-state index contributed by atoms with van der Waals surface area (Å²) >= 11 is 0. The van der Waals surface area contributed by atoms with Crippen LogP contribution in [0.1, 0.15) is 43.0 Å². The quantitative estimate of drug-likeness (QED) is 0.782. The molecule has 0 bridgehead atoms. The van der Waals surface area contributed by atoms with Crippen molar-refractivity contribution in [1.82, 2.24) is 4.31 Å². The Balaban J connectivity index is 1.66. The standard InChI is InChI=1S/C21H25N3O4S/c1-16(25)22-18-8-6-17(7-9-18)21(26)23-19-10-12-20(13-11-19)29(27,28)24-14-4-2-3-5-15-24/h6-13H,2-5,14-15H2,1H3,(H,22,25)(H,23,26). The van der Waals surface area contributed by atoms with E-state index in [1.165, 1.54) is 19.1 Å². The van der Waals surface area contributed by atoms with Crippen LogP contribution >= 0.6 is 0 Å². The van der Waals surface area contributed by atoms with Gasteiger partial charge in [0.15, 0.2) is 0 Å². The number of carbonyl (C=O) groups is 2. The Labute approximate surface area is 171 Å². The minimum absolute atomic E-state index is 0.183. The highest BCUT2D eigenvalue weighted by Crippen LogP contribution is 2.22. The van der Waals surface area contributed by atoms with Crippen LogP contribution in [-0.4, -0.2) is 37.6 Å². The molecule has 1 aliphatic rings. The molecule has 2 aromatic rings. The summed E-state index contributed by atoms with van der Waals surface area (Å²) in [5.74, 6) is -0.500. The Kier molecular flexibility index (Phi) is 6.66. The topological polar surface area (TPSA) is 95.6 Å². The van der Waals surface area contributed by atoms with Gasteiger partial charge in [0.2, 0.25) is 15.9 Å². The molecule has 0 spiro atoms. The van der Waals surface area contributed by atoms with Gasteiger partial charge in [-0.15, -0.1) is 0 Å². The van der Waals surface area contributed by atoms with E-state index in [-0.39, 0.29) is 16.7 Å². The molecule has 29 heavy (non-hydrogen) atoms. The maximum absolute atomic E-state index is 12.8. The van der Waals surface area contributed by atoms with Crippen LogP contribution in [0.25, 0.3) is 0 Å². The van der Waals surface area contributed by atoms with Crippen LogP contribution in [-0.2, 0) is 14.8 Å². The van der Waals surface area contributed by atoms with Gasteiger partial charge in [-0.2, -0.15) is 4.31 Å². The second-order valence-electron chi connectivity index (χ2n) is 7.06.